The van der Waals surface area contributed by atoms with E-state index in [9.17, 15) is 13.2 Å². The van der Waals surface area contributed by atoms with E-state index in [1.54, 1.807) is 29.2 Å². The number of para-hydroxylation sites is 1. The highest BCUT2D eigenvalue weighted by Crippen LogP contribution is 2.29. The molecule has 0 unspecified atom stereocenters. The number of nitrogens with zero attached hydrogens (tertiary/aromatic N) is 1. The lowest BCUT2D eigenvalue weighted by molar-refractivity contribution is 0.0989. The summed E-state index contributed by atoms with van der Waals surface area (Å²) < 4.78 is 22.8. The maximum absolute atomic E-state index is 12.7. The summed E-state index contributed by atoms with van der Waals surface area (Å²) in [5, 5.41) is 0. The third kappa shape index (κ3) is 3.04. The van der Waals surface area contributed by atoms with Crippen molar-refractivity contribution in [3.05, 3.63) is 65.2 Å². The van der Waals surface area contributed by atoms with Crippen LogP contribution in [0.15, 0.2) is 48.5 Å². The maximum atomic E-state index is 12.7. The number of carbonyl (C=O) groups excluding carboxylic acids is 1. The summed E-state index contributed by atoms with van der Waals surface area (Å²) in [4.78, 5) is 14.5. The molecule has 0 aromatic heterocycles. The van der Waals surface area contributed by atoms with Crippen LogP contribution < -0.4 is 4.90 Å². The number of hydrogen-bond donors (Lipinski definition) is 0. The molecule has 0 saturated carbocycles. The van der Waals surface area contributed by atoms with E-state index in [0.717, 1.165) is 12.1 Å². The van der Waals surface area contributed by atoms with E-state index in [0.29, 0.717) is 17.7 Å². The average molecular weight is 315 g/mol. The van der Waals surface area contributed by atoms with Gasteiger partial charge in [-0.3, -0.25) is 4.79 Å². The van der Waals surface area contributed by atoms with Gasteiger partial charge in [0.2, 0.25) is 0 Å². The van der Waals surface area contributed by atoms with Crippen LogP contribution in [-0.4, -0.2) is 27.1 Å². The summed E-state index contributed by atoms with van der Waals surface area (Å²) >= 11 is 0. The first-order valence-corrected chi connectivity index (χ1v) is 9.16. The van der Waals surface area contributed by atoms with Crippen LogP contribution in [0.5, 0.6) is 0 Å². The number of fused-ring (bicyclic) bond motifs is 1. The zero-order valence-electron chi connectivity index (χ0n) is 12.3. The number of benzene rings is 2. The molecule has 1 aliphatic heterocycles. The predicted molar refractivity (Wildman–Crippen MR) is 86.8 cm³/mol. The van der Waals surface area contributed by atoms with E-state index in [2.05, 4.69) is 0 Å². The van der Waals surface area contributed by atoms with Crippen molar-refractivity contribution in [3.8, 4) is 0 Å². The van der Waals surface area contributed by atoms with Gasteiger partial charge in [0.15, 0.2) is 9.84 Å². The number of anilines is 1. The molecule has 0 saturated heterocycles. The van der Waals surface area contributed by atoms with E-state index in [4.69, 9.17) is 0 Å². The molecule has 0 atom stereocenters. The van der Waals surface area contributed by atoms with Gasteiger partial charge in [-0.05, 0) is 35.7 Å². The normalized spacial score (nSPS) is 14.0. The summed E-state index contributed by atoms with van der Waals surface area (Å²) in [6.07, 6.45) is 2.04. The second-order valence-electron chi connectivity index (χ2n) is 5.61. The van der Waals surface area contributed by atoms with Gasteiger partial charge in [0.05, 0.1) is 5.75 Å². The number of hydrogen-bond acceptors (Lipinski definition) is 3. The zero-order valence-corrected chi connectivity index (χ0v) is 13.1. The van der Waals surface area contributed by atoms with Crippen LogP contribution in [0.3, 0.4) is 0 Å². The molecule has 1 aliphatic rings. The van der Waals surface area contributed by atoms with Gasteiger partial charge in [-0.25, -0.2) is 8.42 Å². The van der Waals surface area contributed by atoms with Gasteiger partial charge in [0, 0.05) is 24.1 Å². The molecule has 5 heteroatoms. The highest BCUT2D eigenvalue weighted by Gasteiger charge is 2.25. The third-order valence-corrected chi connectivity index (χ3v) is 4.59. The molecule has 0 aliphatic carbocycles. The number of rotatable bonds is 3. The Morgan fingerprint density at radius 2 is 1.91 bits per heavy atom. The van der Waals surface area contributed by atoms with Gasteiger partial charge in [-0.2, -0.15) is 0 Å². The summed E-state index contributed by atoms with van der Waals surface area (Å²) in [6.45, 7) is 0.661. The van der Waals surface area contributed by atoms with E-state index in [1.165, 1.54) is 11.8 Å². The molecule has 2 aromatic carbocycles. The van der Waals surface area contributed by atoms with Crippen LogP contribution in [0, 0.1) is 0 Å². The smallest absolute Gasteiger partial charge is 0.258 e. The molecule has 0 radical (unpaired) electrons. The van der Waals surface area contributed by atoms with Crippen LogP contribution >= 0.6 is 0 Å². The first kappa shape index (κ1) is 14.8. The standard InChI is InChI=1S/C17H17NO3S/c1-22(20,21)12-13-5-4-7-15(11-13)17(19)18-10-9-14-6-2-3-8-16(14)18/h2-8,11H,9-10,12H2,1H3. The van der Waals surface area contributed by atoms with Crippen LogP contribution in [0.2, 0.25) is 0 Å². The van der Waals surface area contributed by atoms with Crippen LogP contribution in [0.4, 0.5) is 5.69 Å². The summed E-state index contributed by atoms with van der Waals surface area (Å²) in [5.74, 6) is -0.134. The maximum Gasteiger partial charge on any atom is 0.258 e. The molecule has 22 heavy (non-hydrogen) atoms. The molecule has 0 N–H and O–H groups in total. The minimum absolute atomic E-state index is 0.0509. The van der Waals surface area contributed by atoms with Gasteiger partial charge in [-0.15, -0.1) is 0 Å². The predicted octanol–water partition coefficient (Wildman–Crippen LogP) is 2.43. The molecule has 0 bridgehead atoms. The van der Waals surface area contributed by atoms with Gasteiger partial charge >= 0.3 is 0 Å². The first-order chi connectivity index (χ1) is 10.4. The van der Waals surface area contributed by atoms with Crippen molar-refractivity contribution in [1.29, 1.82) is 0 Å². The number of sulfone groups is 1. The van der Waals surface area contributed by atoms with Gasteiger partial charge in [-0.1, -0.05) is 30.3 Å². The van der Waals surface area contributed by atoms with Crippen LogP contribution in [0.1, 0.15) is 21.5 Å². The molecule has 114 valence electrons. The third-order valence-electron chi connectivity index (χ3n) is 3.74. The van der Waals surface area contributed by atoms with Crippen molar-refractivity contribution in [2.75, 3.05) is 17.7 Å². The fourth-order valence-corrected chi connectivity index (χ4v) is 3.59. The van der Waals surface area contributed by atoms with Gasteiger partial charge in [0.1, 0.15) is 0 Å². The Labute approximate surface area is 130 Å². The van der Waals surface area contributed by atoms with Crippen molar-refractivity contribution in [2.45, 2.75) is 12.2 Å². The van der Waals surface area contributed by atoms with Crippen LogP contribution in [0.25, 0.3) is 0 Å². The minimum atomic E-state index is -3.11. The zero-order chi connectivity index (χ0) is 15.7. The molecule has 1 amide bonds. The average Bonchev–Trinajstić information content (AvgIpc) is 2.89. The van der Waals surface area contributed by atoms with Crippen LogP contribution in [-0.2, 0) is 22.0 Å². The number of carbonyl (C=O) groups is 1. The van der Waals surface area contributed by atoms with Gasteiger partial charge in [0.25, 0.3) is 5.91 Å². The lowest BCUT2D eigenvalue weighted by Gasteiger charge is -2.17. The second kappa shape index (κ2) is 5.57. The largest absolute Gasteiger partial charge is 0.308 e. The van der Waals surface area contributed by atoms with Gasteiger partial charge < -0.3 is 4.90 Å². The second-order valence-corrected chi connectivity index (χ2v) is 7.75. The molecule has 1 heterocycles. The number of amides is 1. The molecule has 0 fully saturated rings. The van der Waals surface area contributed by atoms with Crippen molar-refractivity contribution in [3.63, 3.8) is 0 Å². The first-order valence-electron chi connectivity index (χ1n) is 7.10. The molecule has 2 aromatic rings. The van der Waals surface area contributed by atoms with E-state index in [-0.39, 0.29) is 11.7 Å². The van der Waals surface area contributed by atoms with E-state index < -0.39 is 9.84 Å². The Balaban J connectivity index is 1.89. The molecule has 0 spiro atoms. The quantitative estimate of drug-likeness (QED) is 0.874. The van der Waals surface area contributed by atoms with E-state index >= 15 is 0 Å². The monoisotopic (exact) mass is 315 g/mol. The fraction of sp³-hybridized carbons (Fsp3) is 0.235. The summed E-state index contributed by atoms with van der Waals surface area (Å²) in [6, 6.07) is 14.7. The Bertz CT molecular complexity index is 827. The highest BCUT2D eigenvalue weighted by molar-refractivity contribution is 7.89. The SMILES string of the molecule is CS(=O)(=O)Cc1cccc(C(=O)N2CCc3ccccc32)c1. The molecular weight excluding hydrogens is 298 g/mol. The summed E-state index contributed by atoms with van der Waals surface area (Å²) in [5.41, 5.74) is 3.28. The van der Waals surface area contributed by atoms with Crippen molar-refractivity contribution >= 4 is 21.4 Å². The lowest BCUT2D eigenvalue weighted by atomic mass is 10.1. The van der Waals surface area contributed by atoms with Crippen molar-refractivity contribution < 1.29 is 13.2 Å². The Morgan fingerprint density at radius 1 is 1.14 bits per heavy atom. The fourth-order valence-electron chi connectivity index (χ4n) is 2.80. The highest BCUT2D eigenvalue weighted by atomic mass is 32.2. The minimum Gasteiger partial charge on any atom is -0.308 e. The Kier molecular flexibility index (Phi) is 3.74. The van der Waals surface area contributed by atoms with Crippen molar-refractivity contribution in [2.24, 2.45) is 0 Å². The Morgan fingerprint density at radius 3 is 2.68 bits per heavy atom. The summed E-state index contributed by atoms with van der Waals surface area (Å²) in [7, 11) is -3.11. The van der Waals surface area contributed by atoms with Crippen molar-refractivity contribution in [1.82, 2.24) is 0 Å². The molecular formula is C17H17NO3S. The lowest BCUT2D eigenvalue weighted by Crippen LogP contribution is -2.28. The Hall–Kier alpha value is -2.14. The van der Waals surface area contributed by atoms with E-state index in [1.807, 2.05) is 24.3 Å². The molecule has 4 nitrogen and oxygen atoms in total. The topological polar surface area (TPSA) is 54.5 Å². The molecule has 3 rings (SSSR count).